The van der Waals surface area contributed by atoms with Gasteiger partial charge in [0.05, 0.1) is 25.2 Å². The topological polar surface area (TPSA) is 69.9 Å². The molecule has 0 amide bonds. The Labute approximate surface area is 232 Å². The lowest BCUT2D eigenvalue weighted by Crippen LogP contribution is -2.45. The van der Waals surface area contributed by atoms with Gasteiger partial charge >= 0.3 is 0 Å². The summed E-state index contributed by atoms with van der Waals surface area (Å²) in [6.07, 6.45) is -0.795. The fourth-order valence-corrected chi connectivity index (χ4v) is 5.17. The van der Waals surface area contributed by atoms with Crippen LogP contribution in [0.2, 0.25) is 0 Å². The number of hydrogen-bond acceptors (Lipinski definition) is 4. The Hall–Kier alpha value is -1.88. The van der Waals surface area contributed by atoms with Crippen molar-refractivity contribution in [3.05, 3.63) is 63.7 Å². The van der Waals surface area contributed by atoms with Gasteiger partial charge in [0.2, 0.25) is 0 Å². The molecule has 0 fully saturated rings. The van der Waals surface area contributed by atoms with Gasteiger partial charge in [0, 0.05) is 5.56 Å². The van der Waals surface area contributed by atoms with E-state index in [0.717, 1.165) is 39.1 Å². The zero-order valence-electron chi connectivity index (χ0n) is 26.3. The summed E-state index contributed by atoms with van der Waals surface area (Å²) in [5, 5.41) is 32.4. The minimum absolute atomic E-state index is 0.214. The molecule has 2 rings (SSSR count). The summed E-state index contributed by atoms with van der Waals surface area (Å²) in [5.74, 6) is 0.762. The molecule has 4 nitrogen and oxygen atoms in total. The Balaban J connectivity index is 3.15. The van der Waals surface area contributed by atoms with Gasteiger partial charge in [-0.2, -0.15) is 0 Å². The third-order valence-electron chi connectivity index (χ3n) is 7.57. The Kier molecular flexibility index (Phi) is 9.31. The highest BCUT2D eigenvalue weighted by atomic mass is 16.5. The molecule has 0 aliphatic carbocycles. The van der Waals surface area contributed by atoms with Crippen molar-refractivity contribution < 1.29 is 20.1 Å². The molecule has 0 radical (unpaired) electrons. The molecular formula is C34H54O4. The quantitative estimate of drug-likeness (QED) is 0.355. The van der Waals surface area contributed by atoms with Crippen molar-refractivity contribution in [2.24, 2.45) is 5.41 Å². The third kappa shape index (κ3) is 6.63. The van der Waals surface area contributed by atoms with Gasteiger partial charge in [0.15, 0.2) is 0 Å². The minimum atomic E-state index is -1.31. The van der Waals surface area contributed by atoms with E-state index in [4.69, 9.17) is 4.74 Å². The maximum atomic E-state index is 10.8. The second kappa shape index (κ2) is 10.9. The van der Waals surface area contributed by atoms with E-state index >= 15 is 0 Å². The molecule has 1 unspecified atom stereocenters. The lowest BCUT2D eigenvalue weighted by atomic mass is 9.69. The van der Waals surface area contributed by atoms with Gasteiger partial charge in [-0.05, 0) is 50.8 Å². The van der Waals surface area contributed by atoms with Crippen molar-refractivity contribution in [1.82, 2.24) is 0 Å². The average molecular weight is 527 g/mol. The van der Waals surface area contributed by atoms with Crippen LogP contribution in [0.25, 0.3) is 0 Å². The number of benzene rings is 2. The normalized spacial score (nSPS) is 14.5. The molecule has 0 saturated carbocycles. The van der Waals surface area contributed by atoms with Crippen LogP contribution in [0.5, 0.6) is 5.75 Å². The minimum Gasteiger partial charge on any atom is -0.484 e. The van der Waals surface area contributed by atoms with E-state index < -0.39 is 31.3 Å². The highest BCUT2D eigenvalue weighted by Crippen LogP contribution is 2.49. The molecule has 0 heterocycles. The Bertz CT molecular complexity index is 1020. The maximum absolute atomic E-state index is 10.8. The van der Waals surface area contributed by atoms with Crippen LogP contribution in [0.4, 0.5) is 0 Å². The average Bonchev–Trinajstić information content (AvgIpc) is 2.76. The van der Waals surface area contributed by atoms with Crippen LogP contribution >= 0.6 is 0 Å². The van der Waals surface area contributed by atoms with Crippen molar-refractivity contribution in [3.8, 4) is 5.75 Å². The number of ether oxygens (including phenoxy) is 1. The fourth-order valence-electron chi connectivity index (χ4n) is 5.17. The molecule has 3 N–H and O–H groups in total. The summed E-state index contributed by atoms with van der Waals surface area (Å²) in [6, 6.07) is 10.7. The van der Waals surface area contributed by atoms with Gasteiger partial charge in [-0.25, -0.2) is 0 Å². The van der Waals surface area contributed by atoms with E-state index in [0.29, 0.717) is 0 Å². The van der Waals surface area contributed by atoms with E-state index in [1.165, 1.54) is 0 Å². The molecule has 38 heavy (non-hydrogen) atoms. The SMILES string of the molecule is Cc1cc(C(C)(C)C)c(C(Oc2c(C(C)(C)C)cccc2C(C)(C)C)C(CO)(CO)CO)c(C(C)(C)C)c1. The second-order valence-corrected chi connectivity index (χ2v) is 15.3. The number of aliphatic hydroxyl groups is 3. The van der Waals surface area contributed by atoms with Gasteiger partial charge in [-0.3, -0.25) is 0 Å². The van der Waals surface area contributed by atoms with E-state index in [-0.39, 0.29) is 21.7 Å². The van der Waals surface area contributed by atoms with Crippen LogP contribution in [0.1, 0.15) is 123 Å². The molecular weight excluding hydrogens is 472 g/mol. The summed E-state index contributed by atoms with van der Waals surface area (Å²) < 4.78 is 7.19. The molecule has 1 atom stereocenters. The molecule has 2 aromatic carbocycles. The predicted octanol–water partition coefficient (Wildman–Crippen LogP) is 7.27. The van der Waals surface area contributed by atoms with E-state index in [2.05, 4.69) is 120 Å². The molecule has 4 heteroatoms. The number of aryl methyl sites for hydroxylation is 1. The molecule has 0 bridgehead atoms. The molecule has 0 aliphatic heterocycles. The highest BCUT2D eigenvalue weighted by molar-refractivity contribution is 5.51. The lowest BCUT2D eigenvalue weighted by Gasteiger charge is -2.43. The molecule has 0 aromatic heterocycles. The summed E-state index contributed by atoms with van der Waals surface area (Å²) >= 11 is 0. The van der Waals surface area contributed by atoms with E-state index in [1.807, 2.05) is 0 Å². The predicted molar refractivity (Wildman–Crippen MR) is 159 cm³/mol. The zero-order chi connectivity index (χ0) is 29.5. The second-order valence-electron chi connectivity index (χ2n) is 15.3. The standard InChI is InChI=1S/C34H54O4/c1-22-17-25(32(8,9)10)27(26(18-22)33(11,12)13)29(34(19-35,20-36)21-37)38-28-23(30(2,3)4)15-14-16-24(28)31(5,6)7/h14-18,29,35-37H,19-21H2,1-13H3. The molecule has 0 spiro atoms. The molecule has 0 saturated heterocycles. The van der Waals surface area contributed by atoms with Crippen LogP contribution in [0.3, 0.4) is 0 Å². The third-order valence-corrected chi connectivity index (χ3v) is 7.57. The number of hydrogen-bond donors (Lipinski definition) is 3. The largest absolute Gasteiger partial charge is 0.484 e. The van der Waals surface area contributed by atoms with Crippen LogP contribution in [0, 0.1) is 12.3 Å². The van der Waals surface area contributed by atoms with Crippen molar-refractivity contribution >= 4 is 0 Å². The van der Waals surface area contributed by atoms with Crippen LogP contribution in [0.15, 0.2) is 30.3 Å². The number of rotatable bonds is 7. The summed E-state index contributed by atoms with van der Waals surface area (Å²) in [5.41, 5.74) is 4.16. The summed E-state index contributed by atoms with van der Waals surface area (Å²) in [7, 11) is 0. The summed E-state index contributed by atoms with van der Waals surface area (Å²) in [6.45, 7) is 26.9. The van der Waals surface area contributed by atoms with Gasteiger partial charge in [-0.15, -0.1) is 0 Å². The Morgan fingerprint density at radius 3 is 1.24 bits per heavy atom. The first-order chi connectivity index (χ1) is 17.1. The van der Waals surface area contributed by atoms with Crippen molar-refractivity contribution in [2.75, 3.05) is 19.8 Å². The van der Waals surface area contributed by atoms with Crippen molar-refractivity contribution in [3.63, 3.8) is 0 Å². The molecule has 0 aliphatic rings. The lowest BCUT2D eigenvalue weighted by molar-refractivity contribution is -0.0761. The van der Waals surface area contributed by atoms with Gasteiger partial charge < -0.3 is 20.1 Å². The maximum Gasteiger partial charge on any atom is 0.137 e. The fraction of sp³-hybridized carbons (Fsp3) is 0.647. The first-order valence-corrected chi connectivity index (χ1v) is 13.9. The van der Waals surface area contributed by atoms with Gasteiger partial charge in [0.25, 0.3) is 0 Å². The number of aliphatic hydroxyl groups excluding tert-OH is 3. The zero-order valence-corrected chi connectivity index (χ0v) is 26.3. The molecule has 214 valence electrons. The van der Waals surface area contributed by atoms with Crippen LogP contribution in [-0.4, -0.2) is 35.1 Å². The van der Waals surface area contributed by atoms with Crippen molar-refractivity contribution in [1.29, 1.82) is 0 Å². The number of para-hydroxylation sites is 1. The first-order valence-electron chi connectivity index (χ1n) is 13.9. The van der Waals surface area contributed by atoms with E-state index in [9.17, 15) is 15.3 Å². The first kappa shape index (κ1) is 32.3. The molecule has 2 aromatic rings. The summed E-state index contributed by atoms with van der Waals surface area (Å²) in [4.78, 5) is 0. The Morgan fingerprint density at radius 1 is 0.605 bits per heavy atom. The smallest absolute Gasteiger partial charge is 0.137 e. The highest BCUT2D eigenvalue weighted by Gasteiger charge is 2.46. The van der Waals surface area contributed by atoms with Gasteiger partial charge in [-0.1, -0.05) is 119 Å². The van der Waals surface area contributed by atoms with E-state index in [1.54, 1.807) is 0 Å². The van der Waals surface area contributed by atoms with Crippen LogP contribution in [-0.2, 0) is 21.7 Å². The van der Waals surface area contributed by atoms with Gasteiger partial charge in [0.1, 0.15) is 11.9 Å². The van der Waals surface area contributed by atoms with Crippen molar-refractivity contribution in [2.45, 2.75) is 118 Å². The van der Waals surface area contributed by atoms with Crippen LogP contribution < -0.4 is 4.74 Å². The monoisotopic (exact) mass is 526 g/mol. The Morgan fingerprint density at radius 2 is 0.947 bits per heavy atom.